The van der Waals surface area contributed by atoms with Crippen LogP contribution in [0.5, 0.6) is 0 Å². The SMILES string of the molecule is C1=NCCN1.CC(=O)[O-].[Na+]. The molecule has 1 rings (SSSR count). The van der Waals surface area contributed by atoms with E-state index in [0.717, 1.165) is 20.0 Å². The van der Waals surface area contributed by atoms with Crippen molar-refractivity contribution < 1.29 is 39.5 Å². The Morgan fingerprint density at radius 3 is 2.40 bits per heavy atom. The molecule has 0 aliphatic carbocycles. The van der Waals surface area contributed by atoms with Crippen LogP contribution in [0.4, 0.5) is 0 Å². The molecule has 0 unspecified atom stereocenters. The van der Waals surface area contributed by atoms with Crippen molar-refractivity contribution in [1.82, 2.24) is 5.32 Å². The molecule has 0 saturated heterocycles. The molecule has 1 heterocycles. The largest absolute Gasteiger partial charge is 1.00 e. The van der Waals surface area contributed by atoms with Gasteiger partial charge in [-0.1, -0.05) is 0 Å². The second-order valence-corrected chi connectivity index (χ2v) is 1.48. The fourth-order valence-electron chi connectivity index (χ4n) is 0.323. The van der Waals surface area contributed by atoms with Gasteiger partial charge in [-0.3, -0.25) is 4.99 Å². The van der Waals surface area contributed by atoms with E-state index in [1.807, 2.05) is 0 Å². The van der Waals surface area contributed by atoms with Crippen molar-refractivity contribution in [1.29, 1.82) is 0 Å². The number of hydrogen-bond donors (Lipinski definition) is 1. The molecule has 1 N–H and O–H groups in total. The summed E-state index contributed by atoms with van der Waals surface area (Å²) in [6, 6.07) is 0. The van der Waals surface area contributed by atoms with Gasteiger partial charge in [0.05, 0.1) is 12.9 Å². The molecule has 0 saturated carbocycles. The predicted octanol–water partition coefficient (Wildman–Crippen LogP) is -4.62. The quantitative estimate of drug-likeness (QED) is 0.355. The van der Waals surface area contributed by atoms with E-state index in [4.69, 9.17) is 9.90 Å². The Hall–Kier alpha value is -0.0600. The number of nitrogens with one attached hydrogen (secondary N) is 1. The van der Waals surface area contributed by atoms with Gasteiger partial charge >= 0.3 is 29.6 Å². The third-order valence-corrected chi connectivity index (χ3v) is 0.568. The van der Waals surface area contributed by atoms with Crippen LogP contribution in [0.25, 0.3) is 0 Å². The van der Waals surface area contributed by atoms with E-state index in [-0.39, 0.29) is 29.6 Å². The number of hydrogen-bond acceptors (Lipinski definition) is 4. The van der Waals surface area contributed by atoms with Crippen LogP contribution in [0.1, 0.15) is 6.92 Å². The first-order valence-corrected chi connectivity index (χ1v) is 2.62. The standard InChI is InChI=1S/C3H6N2.C2H4O2.Na/c1-2-5-3-4-1;1-2(3)4;/h3H,1-2H2,(H,4,5);1H3,(H,3,4);/q;;+1/p-1. The van der Waals surface area contributed by atoms with E-state index in [9.17, 15) is 0 Å². The summed E-state index contributed by atoms with van der Waals surface area (Å²) in [5.74, 6) is -1.08. The fourth-order valence-corrected chi connectivity index (χ4v) is 0.323. The van der Waals surface area contributed by atoms with Gasteiger partial charge in [-0.2, -0.15) is 0 Å². The van der Waals surface area contributed by atoms with Crippen LogP contribution in [0.3, 0.4) is 0 Å². The summed E-state index contributed by atoms with van der Waals surface area (Å²) in [4.78, 5) is 12.7. The molecule has 0 spiro atoms. The average Bonchev–Trinajstić information content (AvgIpc) is 2.11. The van der Waals surface area contributed by atoms with Gasteiger partial charge in [0.15, 0.2) is 0 Å². The van der Waals surface area contributed by atoms with Gasteiger partial charge in [0.1, 0.15) is 0 Å². The molecule has 1 aliphatic rings. The van der Waals surface area contributed by atoms with Gasteiger partial charge in [0, 0.05) is 12.5 Å². The van der Waals surface area contributed by atoms with Crippen LogP contribution >= 0.6 is 0 Å². The predicted molar refractivity (Wildman–Crippen MR) is 32.0 cm³/mol. The van der Waals surface area contributed by atoms with E-state index in [1.165, 1.54) is 0 Å². The number of nitrogens with zero attached hydrogens (tertiary/aromatic N) is 1. The van der Waals surface area contributed by atoms with Gasteiger partial charge in [-0.15, -0.1) is 0 Å². The van der Waals surface area contributed by atoms with E-state index in [1.54, 1.807) is 6.34 Å². The van der Waals surface area contributed by atoms with Crippen molar-refractivity contribution in [3.8, 4) is 0 Å². The smallest absolute Gasteiger partial charge is 0.550 e. The van der Waals surface area contributed by atoms with Crippen LogP contribution in [0, 0.1) is 0 Å². The molecule has 4 nitrogen and oxygen atoms in total. The summed E-state index contributed by atoms with van der Waals surface area (Å²) >= 11 is 0. The maximum absolute atomic E-state index is 8.89. The number of carboxylic acids is 1. The second kappa shape index (κ2) is 8.94. The summed E-state index contributed by atoms with van der Waals surface area (Å²) in [6.45, 7) is 2.96. The maximum Gasteiger partial charge on any atom is 1.00 e. The minimum absolute atomic E-state index is 0. The molecule has 0 bridgehead atoms. The van der Waals surface area contributed by atoms with Crippen LogP contribution < -0.4 is 40.0 Å². The van der Waals surface area contributed by atoms with Gasteiger partial charge in [0.25, 0.3) is 0 Å². The monoisotopic (exact) mass is 152 g/mol. The van der Waals surface area contributed by atoms with E-state index in [2.05, 4.69) is 10.3 Å². The van der Waals surface area contributed by atoms with E-state index in [0.29, 0.717) is 0 Å². The summed E-state index contributed by atoms with van der Waals surface area (Å²) in [7, 11) is 0. The number of rotatable bonds is 0. The Labute approximate surface area is 82.0 Å². The van der Waals surface area contributed by atoms with Gasteiger partial charge in [0.2, 0.25) is 0 Å². The molecule has 0 aromatic rings. The summed E-state index contributed by atoms with van der Waals surface area (Å²) in [5, 5.41) is 11.8. The van der Waals surface area contributed by atoms with Gasteiger partial charge in [-0.25, -0.2) is 0 Å². The van der Waals surface area contributed by atoms with Crippen molar-refractivity contribution in [3.05, 3.63) is 0 Å². The Morgan fingerprint density at radius 1 is 1.80 bits per heavy atom. The molecule has 5 heteroatoms. The van der Waals surface area contributed by atoms with Crippen LogP contribution in [-0.4, -0.2) is 25.4 Å². The van der Waals surface area contributed by atoms with Crippen molar-refractivity contribution in [2.75, 3.05) is 13.1 Å². The van der Waals surface area contributed by atoms with E-state index < -0.39 is 5.97 Å². The molecule has 0 aromatic heterocycles. The first-order valence-electron chi connectivity index (χ1n) is 2.62. The third-order valence-electron chi connectivity index (χ3n) is 0.568. The molecular weight excluding hydrogens is 143 g/mol. The topological polar surface area (TPSA) is 64.5 Å². The zero-order valence-corrected chi connectivity index (χ0v) is 8.26. The Morgan fingerprint density at radius 2 is 2.30 bits per heavy atom. The molecule has 1 aliphatic heterocycles. The van der Waals surface area contributed by atoms with Crippen molar-refractivity contribution in [2.24, 2.45) is 4.99 Å². The van der Waals surface area contributed by atoms with Crippen molar-refractivity contribution >= 4 is 12.3 Å². The molecule has 10 heavy (non-hydrogen) atoms. The Kier molecular flexibility index (Phi) is 11.3. The van der Waals surface area contributed by atoms with Crippen LogP contribution in [0.15, 0.2) is 4.99 Å². The number of aliphatic imine (C=N–C) groups is 1. The van der Waals surface area contributed by atoms with Crippen LogP contribution in [-0.2, 0) is 4.79 Å². The zero-order valence-electron chi connectivity index (χ0n) is 6.26. The number of carbonyl (C=O) groups is 1. The Bertz CT molecular complexity index is 106. The molecule has 0 fully saturated rings. The maximum atomic E-state index is 8.89. The number of carbonyl (C=O) groups excluding carboxylic acids is 1. The number of aliphatic carboxylic acids is 1. The first-order chi connectivity index (χ1) is 4.23. The normalized spacial score (nSPS) is 12.1. The Balaban J connectivity index is 0. The number of carboxylic acid groups (broad SMARTS) is 1. The van der Waals surface area contributed by atoms with Crippen LogP contribution in [0.2, 0.25) is 0 Å². The summed E-state index contributed by atoms with van der Waals surface area (Å²) in [5.41, 5.74) is 0. The molecule has 52 valence electrons. The van der Waals surface area contributed by atoms with E-state index >= 15 is 0 Å². The minimum atomic E-state index is -1.08. The molecular formula is C5H9N2NaO2. The second-order valence-electron chi connectivity index (χ2n) is 1.48. The van der Waals surface area contributed by atoms with Crippen molar-refractivity contribution in [2.45, 2.75) is 6.92 Å². The zero-order chi connectivity index (χ0) is 7.11. The average molecular weight is 152 g/mol. The molecule has 0 radical (unpaired) electrons. The summed E-state index contributed by atoms with van der Waals surface area (Å²) < 4.78 is 0. The molecule has 0 amide bonds. The molecule has 0 aromatic carbocycles. The molecule has 0 atom stereocenters. The third kappa shape index (κ3) is 15.7. The summed E-state index contributed by atoms with van der Waals surface area (Å²) in [6.07, 6.45) is 1.74. The first kappa shape index (κ1) is 12.6. The van der Waals surface area contributed by atoms with Gasteiger partial charge < -0.3 is 15.2 Å². The van der Waals surface area contributed by atoms with Gasteiger partial charge in [-0.05, 0) is 6.92 Å². The fraction of sp³-hybridized carbons (Fsp3) is 0.600. The van der Waals surface area contributed by atoms with Crippen molar-refractivity contribution in [3.63, 3.8) is 0 Å². The minimum Gasteiger partial charge on any atom is -0.550 e.